The number of fused-ring (bicyclic) bond motifs is 1. The first-order valence-electron chi connectivity index (χ1n) is 8.47. The van der Waals surface area contributed by atoms with Gasteiger partial charge < -0.3 is 9.67 Å². The van der Waals surface area contributed by atoms with Crippen LogP contribution in [0.2, 0.25) is 0 Å². The summed E-state index contributed by atoms with van der Waals surface area (Å²) in [6.07, 6.45) is 0. The first-order chi connectivity index (χ1) is 11.3. The number of benzene rings is 2. The summed E-state index contributed by atoms with van der Waals surface area (Å²) in [4.78, 5) is 4.65. The molecule has 0 amide bonds. The van der Waals surface area contributed by atoms with Gasteiger partial charge >= 0.3 is 0 Å². The van der Waals surface area contributed by atoms with Gasteiger partial charge in [0, 0.05) is 6.54 Å². The minimum absolute atomic E-state index is 0.0460. The molecule has 3 aromatic rings. The normalized spacial score (nSPS) is 11.5. The van der Waals surface area contributed by atoms with Crippen LogP contribution in [0.3, 0.4) is 0 Å². The lowest BCUT2D eigenvalue weighted by Crippen LogP contribution is -2.09. The minimum atomic E-state index is -0.0460. The molecule has 0 radical (unpaired) electrons. The molecule has 1 N–H and O–H groups in total. The number of nitrogens with zero attached hydrogens (tertiary/aromatic N) is 2. The van der Waals surface area contributed by atoms with Crippen molar-refractivity contribution in [2.24, 2.45) is 0 Å². The molecular weight excluding hydrogens is 296 g/mol. The fourth-order valence-electron chi connectivity index (χ4n) is 3.42. The summed E-state index contributed by atoms with van der Waals surface area (Å²) in [6.45, 7) is 13.6. The van der Waals surface area contributed by atoms with Gasteiger partial charge in [-0.05, 0) is 92.6 Å². The Bertz CT molecular complexity index is 909. The van der Waals surface area contributed by atoms with Gasteiger partial charge in [-0.3, -0.25) is 0 Å². The number of rotatable bonds is 3. The van der Waals surface area contributed by atoms with Crippen molar-refractivity contribution in [3.8, 4) is 0 Å². The highest BCUT2D eigenvalue weighted by atomic mass is 16.3. The number of hydrogen-bond donors (Lipinski definition) is 1. The van der Waals surface area contributed by atoms with Crippen LogP contribution in [0.25, 0.3) is 11.0 Å². The Balaban J connectivity index is 2.23. The minimum Gasteiger partial charge on any atom is -0.388 e. The third kappa shape index (κ3) is 2.63. The van der Waals surface area contributed by atoms with E-state index in [1.807, 2.05) is 0 Å². The highest BCUT2D eigenvalue weighted by Crippen LogP contribution is 2.26. The lowest BCUT2D eigenvalue weighted by atomic mass is 9.94. The molecule has 0 fully saturated rings. The van der Waals surface area contributed by atoms with Gasteiger partial charge in [0.15, 0.2) is 0 Å². The van der Waals surface area contributed by atoms with Crippen LogP contribution in [0.4, 0.5) is 0 Å². The molecule has 3 nitrogen and oxygen atoms in total. The molecule has 0 spiro atoms. The molecule has 0 saturated heterocycles. The van der Waals surface area contributed by atoms with Gasteiger partial charge in [-0.2, -0.15) is 0 Å². The molecule has 2 aromatic carbocycles. The third-order valence-corrected chi connectivity index (χ3v) is 5.42. The maximum absolute atomic E-state index is 9.80. The quantitative estimate of drug-likeness (QED) is 0.775. The predicted molar refractivity (Wildman–Crippen MR) is 99.6 cm³/mol. The first-order valence-corrected chi connectivity index (χ1v) is 8.47. The Morgan fingerprint density at radius 1 is 0.833 bits per heavy atom. The zero-order valence-corrected chi connectivity index (χ0v) is 15.5. The second kappa shape index (κ2) is 6.06. The number of aliphatic hydroxyl groups excluding tert-OH is 1. The Morgan fingerprint density at radius 3 is 2.00 bits per heavy atom. The van der Waals surface area contributed by atoms with E-state index in [0.29, 0.717) is 0 Å². The van der Waals surface area contributed by atoms with E-state index in [-0.39, 0.29) is 6.61 Å². The van der Waals surface area contributed by atoms with Crippen LogP contribution in [0.15, 0.2) is 18.2 Å². The van der Waals surface area contributed by atoms with Gasteiger partial charge in [0.1, 0.15) is 12.4 Å². The van der Waals surface area contributed by atoms with Crippen molar-refractivity contribution in [1.82, 2.24) is 9.55 Å². The molecule has 1 heterocycles. The lowest BCUT2D eigenvalue weighted by molar-refractivity contribution is 0.267. The van der Waals surface area contributed by atoms with Crippen LogP contribution in [0.1, 0.15) is 44.8 Å². The second-order valence-corrected chi connectivity index (χ2v) is 6.94. The van der Waals surface area contributed by atoms with E-state index >= 15 is 0 Å². The molecule has 1 aromatic heterocycles. The highest BCUT2D eigenvalue weighted by molar-refractivity contribution is 5.78. The second-order valence-electron chi connectivity index (χ2n) is 6.94. The number of aryl methyl sites for hydroxylation is 4. The maximum atomic E-state index is 9.80. The first kappa shape index (κ1) is 16.7. The summed E-state index contributed by atoms with van der Waals surface area (Å²) in [5, 5.41) is 9.80. The molecule has 24 heavy (non-hydrogen) atoms. The largest absolute Gasteiger partial charge is 0.388 e. The summed E-state index contributed by atoms with van der Waals surface area (Å²) in [5.41, 5.74) is 11.2. The highest BCUT2D eigenvalue weighted by Gasteiger charge is 2.15. The fraction of sp³-hybridized carbons (Fsp3) is 0.381. The van der Waals surface area contributed by atoms with Crippen LogP contribution in [-0.4, -0.2) is 14.7 Å². The molecule has 0 atom stereocenters. The van der Waals surface area contributed by atoms with Crippen molar-refractivity contribution in [3.63, 3.8) is 0 Å². The van der Waals surface area contributed by atoms with E-state index in [1.54, 1.807) is 0 Å². The molecule has 0 bridgehead atoms. The van der Waals surface area contributed by atoms with E-state index in [9.17, 15) is 5.11 Å². The summed E-state index contributed by atoms with van der Waals surface area (Å²) in [7, 11) is 0. The van der Waals surface area contributed by atoms with E-state index in [2.05, 4.69) is 69.3 Å². The van der Waals surface area contributed by atoms with Crippen molar-refractivity contribution < 1.29 is 5.11 Å². The molecule has 126 valence electrons. The van der Waals surface area contributed by atoms with Crippen molar-refractivity contribution in [2.75, 3.05) is 0 Å². The van der Waals surface area contributed by atoms with Crippen LogP contribution < -0.4 is 0 Å². The fourth-order valence-corrected chi connectivity index (χ4v) is 3.42. The molecule has 0 unspecified atom stereocenters. The van der Waals surface area contributed by atoms with Crippen LogP contribution in [-0.2, 0) is 13.2 Å². The Hall–Kier alpha value is -2.13. The van der Waals surface area contributed by atoms with Crippen molar-refractivity contribution in [1.29, 1.82) is 0 Å². The number of aliphatic hydroxyl groups is 1. The van der Waals surface area contributed by atoms with Crippen molar-refractivity contribution >= 4 is 11.0 Å². The maximum Gasteiger partial charge on any atom is 0.136 e. The van der Waals surface area contributed by atoms with Gasteiger partial charge in [-0.1, -0.05) is 6.07 Å². The van der Waals surface area contributed by atoms with Gasteiger partial charge in [-0.25, -0.2) is 4.98 Å². The molecule has 0 aliphatic heterocycles. The average Bonchev–Trinajstić information content (AvgIpc) is 2.87. The molecule has 3 heteroatoms. The van der Waals surface area contributed by atoms with Crippen LogP contribution in [0.5, 0.6) is 0 Å². The number of hydrogen-bond acceptors (Lipinski definition) is 2. The predicted octanol–water partition coefficient (Wildman–Crippen LogP) is 4.43. The lowest BCUT2D eigenvalue weighted by Gasteiger charge is -2.17. The van der Waals surface area contributed by atoms with Crippen LogP contribution >= 0.6 is 0 Å². The molecule has 0 aliphatic carbocycles. The zero-order chi connectivity index (χ0) is 17.6. The average molecular weight is 322 g/mol. The molecule has 0 aliphatic rings. The third-order valence-electron chi connectivity index (χ3n) is 5.42. The van der Waals surface area contributed by atoms with Gasteiger partial charge in [0.05, 0.1) is 11.0 Å². The zero-order valence-electron chi connectivity index (χ0n) is 15.5. The topological polar surface area (TPSA) is 38.1 Å². The molecule has 3 rings (SSSR count). The SMILES string of the molecule is Cc1cc2nc(CO)n(Cc3c(C)c(C)cc(C)c3C)c2cc1C. The summed E-state index contributed by atoms with van der Waals surface area (Å²) < 4.78 is 2.16. The molecule has 0 saturated carbocycles. The van der Waals surface area contributed by atoms with Crippen LogP contribution in [0, 0.1) is 41.5 Å². The number of imidazole rings is 1. The van der Waals surface area contributed by atoms with E-state index in [4.69, 9.17) is 0 Å². The van der Waals surface area contributed by atoms with Gasteiger partial charge in [0.25, 0.3) is 0 Å². The van der Waals surface area contributed by atoms with E-state index < -0.39 is 0 Å². The van der Waals surface area contributed by atoms with Gasteiger partial charge in [-0.15, -0.1) is 0 Å². The summed E-state index contributed by atoms with van der Waals surface area (Å²) in [5.74, 6) is 0.730. The van der Waals surface area contributed by atoms with E-state index in [1.165, 1.54) is 38.9 Å². The molecular formula is C21H26N2O. The monoisotopic (exact) mass is 322 g/mol. The Kier molecular flexibility index (Phi) is 4.22. The van der Waals surface area contributed by atoms with E-state index in [0.717, 1.165) is 23.4 Å². The summed E-state index contributed by atoms with van der Waals surface area (Å²) in [6, 6.07) is 6.55. The summed E-state index contributed by atoms with van der Waals surface area (Å²) >= 11 is 0. The standard InChI is InChI=1S/C21H26N2O/c1-12-8-19-20(9-13(12)2)23(21(11-24)22-19)10-18-16(5)14(3)7-15(4)17(18)6/h7-9,24H,10-11H2,1-6H3. The van der Waals surface area contributed by atoms with Crippen molar-refractivity contribution in [3.05, 3.63) is 63.0 Å². The Morgan fingerprint density at radius 2 is 1.42 bits per heavy atom. The smallest absolute Gasteiger partial charge is 0.136 e. The van der Waals surface area contributed by atoms with Crippen molar-refractivity contribution in [2.45, 2.75) is 54.7 Å². The Labute approximate surface area is 144 Å². The number of aromatic nitrogens is 2. The van der Waals surface area contributed by atoms with Gasteiger partial charge in [0.2, 0.25) is 0 Å².